The number of aliphatic carboxylic acids is 1. The van der Waals surface area contributed by atoms with Gasteiger partial charge in [-0.1, -0.05) is 38.5 Å². The number of carbonyl (C=O) groups is 2. The van der Waals surface area contributed by atoms with Crippen LogP contribution in [0.2, 0.25) is 0 Å². The number of nitrogens with one attached hydrogen (secondary N) is 1. The summed E-state index contributed by atoms with van der Waals surface area (Å²) in [7, 11) is 1.67. The van der Waals surface area contributed by atoms with Crippen molar-refractivity contribution in [3.05, 3.63) is 29.8 Å². The second-order valence-corrected chi connectivity index (χ2v) is 6.36. The lowest BCUT2D eigenvalue weighted by molar-refractivity contribution is -0.138. The number of aryl methyl sites for hydroxylation is 1. The van der Waals surface area contributed by atoms with Gasteiger partial charge in [0, 0.05) is 18.8 Å². The van der Waals surface area contributed by atoms with E-state index in [4.69, 9.17) is 5.11 Å². The Balaban J connectivity index is 2.81. The summed E-state index contributed by atoms with van der Waals surface area (Å²) < 4.78 is 0. The van der Waals surface area contributed by atoms with Crippen LogP contribution in [0.3, 0.4) is 0 Å². The maximum absolute atomic E-state index is 12.3. The summed E-state index contributed by atoms with van der Waals surface area (Å²) in [6, 6.07) is 6.83. The Labute approximate surface area is 126 Å². The molecule has 1 aromatic rings. The fourth-order valence-electron chi connectivity index (χ4n) is 1.88. The molecule has 0 aliphatic heterocycles. The predicted molar refractivity (Wildman–Crippen MR) is 83.6 cm³/mol. The topological polar surface area (TPSA) is 69.6 Å². The van der Waals surface area contributed by atoms with Crippen LogP contribution in [0.5, 0.6) is 0 Å². The lowest BCUT2D eigenvalue weighted by Crippen LogP contribution is -2.49. The van der Waals surface area contributed by atoms with E-state index in [1.807, 2.05) is 52.0 Å². The van der Waals surface area contributed by atoms with Gasteiger partial charge in [-0.25, -0.2) is 4.79 Å². The zero-order valence-corrected chi connectivity index (χ0v) is 13.3. The number of anilines is 1. The summed E-state index contributed by atoms with van der Waals surface area (Å²) in [5.41, 5.74) is 1.55. The van der Waals surface area contributed by atoms with E-state index in [2.05, 4.69) is 5.32 Å². The highest BCUT2D eigenvalue weighted by atomic mass is 16.4. The minimum atomic E-state index is -0.923. The summed E-state index contributed by atoms with van der Waals surface area (Å²) in [4.78, 5) is 24.7. The molecule has 0 spiro atoms. The molecule has 0 heterocycles. The van der Waals surface area contributed by atoms with Gasteiger partial charge in [-0.15, -0.1) is 0 Å². The minimum Gasteiger partial charge on any atom is -0.481 e. The first-order valence-corrected chi connectivity index (χ1v) is 6.94. The van der Waals surface area contributed by atoms with Gasteiger partial charge in [-0.3, -0.25) is 9.69 Å². The van der Waals surface area contributed by atoms with Gasteiger partial charge in [0.15, 0.2) is 0 Å². The van der Waals surface area contributed by atoms with Gasteiger partial charge in [0.2, 0.25) is 0 Å². The van der Waals surface area contributed by atoms with Crippen LogP contribution in [0.25, 0.3) is 0 Å². The third kappa shape index (κ3) is 5.10. The van der Waals surface area contributed by atoms with Crippen LogP contribution in [-0.4, -0.2) is 30.2 Å². The third-order valence-electron chi connectivity index (χ3n) is 3.45. The molecule has 5 nitrogen and oxygen atoms in total. The Kier molecular flexibility index (Phi) is 5.35. The van der Waals surface area contributed by atoms with Gasteiger partial charge in [-0.05, 0) is 24.5 Å². The van der Waals surface area contributed by atoms with Crippen molar-refractivity contribution in [3.8, 4) is 0 Å². The van der Waals surface area contributed by atoms with Crippen LogP contribution in [0.1, 0.15) is 32.8 Å². The lowest BCUT2D eigenvalue weighted by atomic mass is 9.85. The molecule has 0 aliphatic rings. The highest BCUT2D eigenvalue weighted by Gasteiger charge is 2.29. The number of carbonyl (C=O) groups excluding carboxylic acids is 1. The van der Waals surface area contributed by atoms with Crippen LogP contribution in [0.15, 0.2) is 24.3 Å². The Hall–Kier alpha value is -2.04. The number of hydrogen-bond donors (Lipinski definition) is 2. The third-order valence-corrected chi connectivity index (χ3v) is 3.45. The van der Waals surface area contributed by atoms with Gasteiger partial charge in [0.05, 0.1) is 6.42 Å². The van der Waals surface area contributed by atoms with Crippen LogP contribution < -0.4 is 10.2 Å². The first-order valence-electron chi connectivity index (χ1n) is 6.94. The second kappa shape index (κ2) is 6.61. The molecule has 1 unspecified atom stereocenters. The van der Waals surface area contributed by atoms with Gasteiger partial charge >= 0.3 is 12.0 Å². The first-order chi connectivity index (χ1) is 9.61. The molecule has 0 aromatic heterocycles. The van der Waals surface area contributed by atoms with Crippen LogP contribution in [-0.2, 0) is 4.79 Å². The molecular formula is C16H24N2O3. The number of benzene rings is 1. The summed E-state index contributed by atoms with van der Waals surface area (Å²) in [5, 5.41) is 11.8. The van der Waals surface area contributed by atoms with Gasteiger partial charge in [0.1, 0.15) is 0 Å². The molecule has 1 atom stereocenters. The molecule has 116 valence electrons. The molecule has 0 bridgehead atoms. The highest BCUT2D eigenvalue weighted by molar-refractivity contribution is 5.91. The van der Waals surface area contributed by atoms with Crippen molar-refractivity contribution in [1.82, 2.24) is 5.32 Å². The Morgan fingerprint density at radius 2 is 1.76 bits per heavy atom. The molecule has 0 radical (unpaired) electrons. The fourth-order valence-corrected chi connectivity index (χ4v) is 1.88. The average Bonchev–Trinajstić information content (AvgIpc) is 2.36. The monoisotopic (exact) mass is 292 g/mol. The van der Waals surface area contributed by atoms with E-state index in [1.165, 1.54) is 4.90 Å². The van der Waals surface area contributed by atoms with Crippen molar-refractivity contribution in [1.29, 1.82) is 0 Å². The molecule has 1 aromatic carbocycles. The van der Waals surface area contributed by atoms with Crippen molar-refractivity contribution >= 4 is 17.7 Å². The van der Waals surface area contributed by atoms with Crippen molar-refractivity contribution in [3.63, 3.8) is 0 Å². The van der Waals surface area contributed by atoms with Crippen molar-refractivity contribution in [2.45, 2.75) is 40.2 Å². The van der Waals surface area contributed by atoms with E-state index in [0.717, 1.165) is 11.3 Å². The number of carboxylic acid groups (broad SMARTS) is 1. The molecule has 0 fully saturated rings. The van der Waals surface area contributed by atoms with E-state index in [0.29, 0.717) is 0 Å². The zero-order valence-electron chi connectivity index (χ0n) is 13.3. The summed E-state index contributed by atoms with van der Waals surface area (Å²) in [6.07, 6.45) is -0.100. The molecule has 5 heteroatoms. The molecule has 1 rings (SSSR count). The largest absolute Gasteiger partial charge is 0.481 e. The fraction of sp³-hybridized carbons (Fsp3) is 0.500. The molecule has 0 aliphatic carbocycles. The molecule has 2 N–H and O–H groups in total. The van der Waals surface area contributed by atoms with Gasteiger partial charge in [0.25, 0.3) is 0 Å². The van der Waals surface area contributed by atoms with Crippen LogP contribution in [0.4, 0.5) is 10.5 Å². The van der Waals surface area contributed by atoms with Crippen molar-refractivity contribution in [2.75, 3.05) is 11.9 Å². The van der Waals surface area contributed by atoms with E-state index in [-0.39, 0.29) is 17.9 Å². The SMILES string of the molecule is Cc1ccc(N(C)C(=O)NC(CC(=O)O)C(C)(C)C)cc1. The molecule has 0 saturated carbocycles. The predicted octanol–water partition coefficient (Wildman–Crippen LogP) is 3.03. The summed E-state index contributed by atoms with van der Waals surface area (Å²) in [6.45, 7) is 7.71. The Morgan fingerprint density at radius 1 is 1.24 bits per heavy atom. The number of carboxylic acids is 1. The first kappa shape index (κ1) is 17.0. The zero-order chi connectivity index (χ0) is 16.2. The maximum Gasteiger partial charge on any atom is 0.321 e. The molecular weight excluding hydrogens is 268 g/mol. The number of amides is 2. The van der Waals surface area contributed by atoms with Crippen LogP contribution in [0, 0.1) is 12.3 Å². The van der Waals surface area contributed by atoms with Crippen LogP contribution >= 0.6 is 0 Å². The normalized spacial score (nSPS) is 12.6. The molecule has 0 saturated heterocycles. The number of hydrogen-bond acceptors (Lipinski definition) is 2. The minimum absolute atomic E-state index is 0.100. The maximum atomic E-state index is 12.3. The van der Waals surface area contributed by atoms with E-state index in [9.17, 15) is 9.59 Å². The number of urea groups is 1. The average molecular weight is 292 g/mol. The molecule has 21 heavy (non-hydrogen) atoms. The Bertz CT molecular complexity index is 503. The van der Waals surface area contributed by atoms with E-state index < -0.39 is 12.0 Å². The van der Waals surface area contributed by atoms with Gasteiger partial charge in [-0.2, -0.15) is 0 Å². The summed E-state index contributed by atoms with van der Waals surface area (Å²) >= 11 is 0. The van der Waals surface area contributed by atoms with E-state index in [1.54, 1.807) is 7.05 Å². The quantitative estimate of drug-likeness (QED) is 0.896. The number of rotatable bonds is 4. The lowest BCUT2D eigenvalue weighted by Gasteiger charge is -2.32. The van der Waals surface area contributed by atoms with Crippen molar-refractivity contribution < 1.29 is 14.7 Å². The van der Waals surface area contributed by atoms with E-state index >= 15 is 0 Å². The molecule has 2 amide bonds. The van der Waals surface area contributed by atoms with Crippen molar-refractivity contribution in [2.24, 2.45) is 5.41 Å². The highest BCUT2D eigenvalue weighted by Crippen LogP contribution is 2.22. The summed E-state index contributed by atoms with van der Waals surface area (Å²) in [5.74, 6) is -0.923. The number of nitrogens with zero attached hydrogens (tertiary/aromatic N) is 1. The smallest absolute Gasteiger partial charge is 0.321 e. The second-order valence-electron chi connectivity index (χ2n) is 6.36. The Morgan fingerprint density at radius 3 is 2.19 bits per heavy atom. The standard InChI is InChI=1S/C16H24N2O3/c1-11-6-8-12(9-7-11)18(5)15(21)17-13(10-14(19)20)16(2,3)4/h6-9,13H,10H2,1-5H3,(H,17,21)(H,19,20). The van der Waals surface area contributed by atoms with Gasteiger partial charge < -0.3 is 10.4 Å².